The summed E-state index contributed by atoms with van der Waals surface area (Å²) in [6.45, 7) is 6.06. The monoisotopic (exact) mass is 146 g/mol. The van der Waals surface area contributed by atoms with Gasteiger partial charge in [0.2, 0.25) is 0 Å². The molecule has 1 saturated carbocycles. The Bertz CT molecular complexity index is 232. The van der Waals surface area contributed by atoms with E-state index < -0.39 is 0 Å². The Kier molecular flexibility index (Phi) is 1.49. The van der Waals surface area contributed by atoms with Gasteiger partial charge in [-0.05, 0) is 24.2 Å². The molecule has 0 aliphatic heterocycles. The average molecular weight is 146 g/mol. The van der Waals surface area contributed by atoms with Gasteiger partial charge in [0.1, 0.15) is 0 Å². The quantitative estimate of drug-likeness (QED) is 0.499. The third kappa shape index (κ3) is 0.891. The van der Waals surface area contributed by atoms with Crippen LogP contribution in [0.1, 0.15) is 13.3 Å². The molecule has 2 aliphatic carbocycles. The Morgan fingerprint density at radius 2 is 2.36 bits per heavy atom. The van der Waals surface area contributed by atoms with E-state index in [0.717, 1.165) is 17.8 Å². The van der Waals surface area contributed by atoms with Crippen LogP contribution in [0.4, 0.5) is 0 Å². The molecular weight excluding hydrogens is 132 g/mol. The molecule has 0 heteroatoms. The lowest BCUT2D eigenvalue weighted by Crippen LogP contribution is -2.04. The molecule has 3 atom stereocenters. The molecule has 0 aromatic carbocycles. The second-order valence-corrected chi connectivity index (χ2v) is 3.58. The number of allylic oxidation sites excluding steroid dienone is 5. The summed E-state index contributed by atoms with van der Waals surface area (Å²) in [5, 5.41) is 0. The topological polar surface area (TPSA) is 0 Å². The molecule has 0 aromatic heterocycles. The lowest BCUT2D eigenvalue weighted by Gasteiger charge is -2.15. The summed E-state index contributed by atoms with van der Waals surface area (Å²) in [5.74, 6) is 2.34. The van der Waals surface area contributed by atoms with Crippen LogP contribution in [0, 0.1) is 17.8 Å². The molecule has 58 valence electrons. The van der Waals surface area contributed by atoms with Crippen molar-refractivity contribution in [3.05, 3.63) is 36.5 Å². The maximum absolute atomic E-state index is 3.74. The Morgan fingerprint density at radius 3 is 2.91 bits per heavy atom. The third-order valence-electron chi connectivity index (χ3n) is 3.02. The summed E-state index contributed by atoms with van der Waals surface area (Å²) in [5.41, 5.74) is 1.59. The van der Waals surface area contributed by atoms with E-state index in [2.05, 4.69) is 31.7 Å². The van der Waals surface area contributed by atoms with Crippen LogP contribution in [-0.2, 0) is 0 Å². The van der Waals surface area contributed by atoms with E-state index in [9.17, 15) is 0 Å². The molecule has 11 heavy (non-hydrogen) atoms. The fraction of sp³-hybridized carbons (Fsp3) is 0.455. The predicted molar refractivity (Wildman–Crippen MR) is 48.2 cm³/mol. The van der Waals surface area contributed by atoms with E-state index in [4.69, 9.17) is 0 Å². The van der Waals surface area contributed by atoms with Crippen molar-refractivity contribution in [3.8, 4) is 0 Å². The molecule has 1 fully saturated rings. The number of rotatable bonds is 1. The van der Waals surface area contributed by atoms with Crippen LogP contribution < -0.4 is 0 Å². The van der Waals surface area contributed by atoms with Crippen molar-refractivity contribution >= 4 is 0 Å². The van der Waals surface area contributed by atoms with Gasteiger partial charge in [-0.3, -0.25) is 0 Å². The fourth-order valence-electron chi connectivity index (χ4n) is 2.34. The van der Waals surface area contributed by atoms with Crippen molar-refractivity contribution in [1.29, 1.82) is 0 Å². The highest BCUT2D eigenvalue weighted by molar-refractivity contribution is 5.31. The minimum atomic E-state index is 0.744. The van der Waals surface area contributed by atoms with E-state index in [1.807, 2.05) is 6.08 Å². The first-order valence-corrected chi connectivity index (χ1v) is 4.33. The van der Waals surface area contributed by atoms with Crippen molar-refractivity contribution in [1.82, 2.24) is 0 Å². The van der Waals surface area contributed by atoms with Crippen LogP contribution in [0.2, 0.25) is 0 Å². The van der Waals surface area contributed by atoms with E-state index in [0.29, 0.717) is 0 Å². The molecule has 0 saturated heterocycles. The summed E-state index contributed by atoms with van der Waals surface area (Å²) >= 11 is 0. The summed E-state index contributed by atoms with van der Waals surface area (Å²) in [7, 11) is 0. The molecule has 0 radical (unpaired) electrons. The van der Waals surface area contributed by atoms with Gasteiger partial charge in [0.15, 0.2) is 0 Å². The lowest BCUT2D eigenvalue weighted by atomic mass is 9.90. The van der Waals surface area contributed by atoms with Crippen LogP contribution in [0.15, 0.2) is 36.5 Å². The highest BCUT2D eigenvalue weighted by Gasteiger charge is 2.36. The first kappa shape index (κ1) is 6.90. The van der Waals surface area contributed by atoms with Gasteiger partial charge in [0.05, 0.1) is 0 Å². The standard InChI is InChI=1S/C11H14/c1-3-4-11-8(2)9-5-6-10(11)7-9/h3-6,8-10H,1,7H2,2H3/b11-4+. The second-order valence-electron chi connectivity index (χ2n) is 3.58. The minimum Gasteiger partial charge on any atom is -0.0991 e. The largest absolute Gasteiger partial charge is 0.0991 e. The molecule has 2 bridgehead atoms. The Labute approximate surface area is 68.3 Å². The average Bonchev–Trinajstić information content (AvgIpc) is 2.54. The fourth-order valence-corrected chi connectivity index (χ4v) is 2.34. The zero-order valence-electron chi connectivity index (χ0n) is 6.96. The molecule has 3 unspecified atom stereocenters. The van der Waals surface area contributed by atoms with Gasteiger partial charge >= 0.3 is 0 Å². The zero-order valence-corrected chi connectivity index (χ0v) is 6.96. The van der Waals surface area contributed by atoms with Crippen LogP contribution in [0.3, 0.4) is 0 Å². The molecule has 0 aromatic rings. The summed E-state index contributed by atoms with van der Waals surface area (Å²) in [6.07, 6.45) is 10.2. The smallest absolute Gasteiger partial charge is 0.00114 e. The van der Waals surface area contributed by atoms with E-state index in [1.165, 1.54) is 6.42 Å². The van der Waals surface area contributed by atoms with Crippen LogP contribution in [0.25, 0.3) is 0 Å². The Hall–Kier alpha value is -0.780. The second kappa shape index (κ2) is 2.37. The van der Waals surface area contributed by atoms with E-state index in [1.54, 1.807) is 5.57 Å². The van der Waals surface area contributed by atoms with Crippen molar-refractivity contribution in [2.45, 2.75) is 13.3 Å². The Balaban J connectivity index is 2.31. The number of fused-ring (bicyclic) bond motifs is 2. The van der Waals surface area contributed by atoms with Gasteiger partial charge in [-0.15, -0.1) is 0 Å². The van der Waals surface area contributed by atoms with Crippen molar-refractivity contribution in [2.24, 2.45) is 17.8 Å². The summed E-state index contributed by atoms with van der Waals surface area (Å²) < 4.78 is 0. The van der Waals surface area contributed by atoms with Crippen LogP contribution in [-0.4, -0.2) is 0 Å². The number of hydrogen-bond acceptors (Lipinski definition) is 0. The molecular formula is C11H14. The molecule has 2 rings (SSSR count). The zero-order chi connectivity index (χ0) is 7.84. The summed E-state index contributed by atoms with van der Waals surface area (Å²) in [4.78, 5) is 0. The SMILES string of the molecule is C=C/C=C1/C2C=CC(C2)C1C. The van der Waals surface area contributed by atoms with Crippen LogP contribution >= 0.6 is 0 Å². The molecule has 0 spiro atoms. The summed E-state index contributed by atoms with van der Waals surface area (Å²) in [6, 6.07) is 0. The van der Waals surface area contributed by atoms with Crippen LogP contribution in [0.5, 0.6) is 0 Å². The lowest BCUT2D eigenvalue weighted by molar-refractivity contribution is 0.556. The molecule has 0 amide bonds. The van der Waals surface area contributed by atoms with Gasteiger partial charge in [0.25, 0.3) is 0 Å². The maximum atomic E-state index is 3.74. The molecule has 0 heterocycles. The maximum Gasteiger partial charge on any atom is -0.00114 e. The third-order valence-corrected chi connectivity index (χ3v) is 3.02. The molecule has 0 N–H and O–H groups in total. The van der Waals surface area contributed by atoms with Gasteiger partial charge < -0.3 is 0 Å². The van der Waals surface area contributed by atoms with Gasteiger partial charge in [-0.2, -0.15) is 0 Å². The number of hydrogen-bond donors (Lipinski definition) is 0. The highest BCUT2D eigenvalue weighted by Crippen LogP contribution is 2.47. The minimum absolute atomic E-state index is 0.744. The van der Waals surface area contributed by atoms with Gasteiger partial charge in [-0.25, -0.2) is 0 Å². The van der Waals surface area contributed by atoms with E-state index >= 15 is 0 Å². The van der Waals surface area contributed by atoms with Crippen molar-refractivity contribution in [2.75, 3.05) is 0 Å². The van der Waals surface area contributed by atoms with Crippen molar-refractivity contribution < 1.29 is 0 Å². The van der Waals surface area contributed by atoms with Gasteiger partial charge in [0, 0.05) is 0 Å². The van der Waals surface area contributed by atoms with E-state index in [-0.39, 0.29) is 0 Å². The Morgan fingerprint density at radius 1 is 1.55 bits per heavy atom. The first-order valence-electron chi connectivity index (χ1n) is 4.33. The first-order chi connectivity index (χ1) is 5.33. The van der Waals surface area contributed by atoms with Gasteiger partial charge in [-0.1, -0.05) is 43.4 Å². The predicted octanol–water partition coefficient (Wildman–Crippen LogP) is 2.94. The van der Waals surface area contributed by atoms with Crippen molar-refractivity contribution in [3.63, 3.8) is 0 Å². The molecule has 2 aliphatic rings. The molecule has 0 nitrogen and oxygen atoms in total. The highest BCUT2D eigenvalue weighted by atomic mass is 14.4. The normalized spacial score (nSPS) is 43.7.